The molecule has 3 atom stereocenters. The van der Waals surface area contributed by atoms with Gasteiger partial charge in [0.2, 0.25) is 0 Å². The van der Waals surface area contributed by atoms with E-state index in [1.54, 1.807) is 14.2 Å². The molecule has 3 aliphatic rings. The average molecular weight is 625 g/mol. The molecule has 0 unspecified atom stereocenters. The van der Waals surface area contributed by atoms with Crippen LogP contribution in [0.2, 0.25) is 0 Å². The zero-order valence-corrected chi connectivity index (χ0v) is 27.4. The van der Waals surface area contributed by atoms with Gasteiger partial charge in [0.1, 0.15) is 18.1 Å². The van der Waals surface area contributed by atoms with Gasteiger partial charge in [0.25, 0.3) is 0 Å². The topological polar surface area (TPSA) is 103 Å². The highest BCUT2D eigenvalue weighted by molar-refractivity contribution is 5.74. The first-order valence-electron chi connectivity index (χ1n) is 16.5. The maximum Gasteiger partial charge on any atom is 0.315 e. The second-order valence-electron chi connectivity index (χ2n) is 13.1. The molecule has 2 aromatic carbocycles. The number of nitrogens with one attached hydrogen (secondary N) is 3. The second-order valence-corrected chi connectivity index (χ2v) is 13.1. The summed E-state index contributed by atoms with van der Waals surface area (Å²) in [6, 6.07) is 15.0. The lowest BCUT2D eigenvalue weighted by Crippen LogP contribution is -2.56. The van der Waals surface area contributed by atoms with Crippen LogP contribution >= 0.6 is 0 Å². The van der Waals surface area contributed by atoms with Gasteiger partial charge in [-0.1, -0.05) is 32.0 Å². The van der Waals surface area contributed by atoms with Crippen LogP contribution in [-0.4, -0.2) is 91.0 Å². The molecule has 0 spiro atoms. The van der Waals surface area contributed by atoms with Crippen LogP contribution in [0.15, 0.2) is 42.5 Å². The van der Waals surface area contributed by atoms with Crippen molar-refractivity contribution in [1.29, 1.82) is 0 Å². The number of carbonyl (C=O) groups excluding carboxylic acids is 1. The molecule has 3 heterocycles. The Morgan fingerprint density at radius 2 is 1.89 bits per heavy atom. The third-order valence-corrected chi connectivity index (χ3v) is 9.48. The molecule has 2 amide bonds. The number of fused-ring (bicyclic) bond motifs is 1. The van der Waals surface area contributed by atoms with E-state index in [1.165, 1.54) is 5.56 Å². The Labute approximate surface area is 268 Å². The predicted octanol–water partition coefficient (Wildman–Crippen LogP) is 4.47. The molecule has 10 nitrogen and oxygen atoms in total. The van der Waals surface area contributed by atoms with Crippen molar-refractivity contribution in [2.45, 2.75) is 70.2 Å². The van der Waals surface area contributed by atoms with Crippen LogP contribution < -0.4 is 30.3 Å². The van der Waals surface area contributed by atoms with Gasteiger partial charge in [0, 0.05) is 64.6 Å². The molecule has 2 aromatic rings. The van der Waals surface area contributed by atoms with Crippen LogP contribution in [0.4, 0.5) is 10.5 Å². The molecule has 0 aromatic heterocycles. The summed E-state index contributed by atoms with van der Waals surface area (Å²) in [5.41, 5.74) is 3.32. The highest BCUT2D eigenvalue weighted by atomic mass is 16.5. The number of carbonyl (C=O) groups is 1. The summed E-state index contributed by atoms with van der Waals surface area (Å²) in [5.74, 6) is 1.95. The van der Waals surface area contributed by atoms with Gasteiger partial charge in [-0.3, -0.25) is 0 Å². The summed E-state index contributed by atoms with van der Waals surface area (Å²) in [4.78, 5) is 15.1. The first kappa shape index (κ1) is 33.3. The van der Waals surface area contributed by atoms with Gasteiger partial charge in [-0.15, -0.1) is 0 Å². The largest absolute Gasteiger partial charge is 0.497 e. The molecule has 10 heteroatoms. The molecule has 0 saturated carbocycles. The highest BCUT2D eigenvalue weighted by Gasteiger charge is 2.39. The number of anilines is 1. The zero-order valence-electron chi connectivity index (χ0n) is 27.4. The Morgan fingerprint density at radius 3 is 2.64 bits per heavy atom. The molecule has 0 aliphatic carbocycles. The van der Waals surface area contributed by atoms with Gasteiger partial charge in [0.15, 0.2) is 0 Å². The summed E-state index contributed by atoms with van der Waals surface area (Å²) in [6.45, 7) is 10.9. The molecular weight excluding hydrogens is 572 g/mol. The fourth-order valence-electron chi connectivity index (χ4n) is 6.62. The van der Waals surface area contributed by atoms with Crippen LogP contribution in [0.1, 0.15) is 56.6 Å². The van der Waals surface area contributed by atoms with Crippen molar-refractivity contribution in [2.75, 3.05) is 71.7 Å². The summed E-state index contributed by atoms with van der Waals surface area (Å²) >= 11 is 0. The number of rotatable bonds is 13. The molecule has 5 rings (SSSR count). The highest BCUT2D eigenvalue weighted by Crippen LogP contribution is 2.38. The van der Waals surface area contributed by atoms with E-state index >= 15 is 0 Å². The van der Waals surface area contributed by atoms with Gasteiger partial charge >= 0.3 is 6.03 Å². The Balaban J connectivity index is 1.23. The van der Waals surface area contributed by atoms with E-state index in [9.17, 15) is 4.79 Å². The maximum absolute atomic E-state index is 12.7. The van der Waals surface area contributed by atoms with Crippen molar-refractivity contribution in [3.8, 4) is 11.5 Å². The number of nitrogens with zero attached hydrogens (tertiary/aromatic N) is 1. The SMILES string of the molecule is COCCCN1CCOc2ccc(CO[C@H]3CN[C@H](C(C)(C)CNC(=O)NC4CCOCC4)C[C@@H]3c3ccc(OC)cc3)cc21. The van der Waals surface area contributed by atoms with E-state index in [0.717, 1.165) is 74.7 Å². The van der Waals surface area contributed by atoms with Crippen LogP contribution in [-0.2, 0) is 20.8 Å². The van der Waals surface area contributed by atoms with E-state index in [0.29, 0.717) is 33.0 Å². The monoisotopic (exact) mass is 624 g/mol. The third kappa shape index (κ3) is 9.03. The van der Waals surface area contributed by atoms with E-state index < -0.39 is 0 Å². The molecule has 0 bridgehead atoms. The van der Waals surface area contributed by atoms with Gasteiger partial charge in [-0.05, 0) is 66.5 Å². The van der Waals surface area contributed by atoms with E-state index in [1.807, 2.05) is 12.1 Å². The van der Waals surface area contributed by atoms with Crippen LogP contribution in [0.3, 0.4) is 0 Å². The number of methoxy groups -OCH3 is 2. The molecule has 248 valence electrons. The predicted molar refractivity (Wildman–Crippen MR) is 176 cm³/mol. The van der Waals surface area contributed by atoms with Crippen LogP contribution in [0.5, 0.6) is 11.5 Å². The Kier molecular flexibility index (Phi) is 11.8. The van der Waals surface area contributed by atoms with Crippen molar-refractivity contribution in [2.24, 2.45) is 5.41 Å². The Hall–Kier alpha value is -3.05. The van der Waals surface area contributed by atoms with Crippen LogP contribution in [0, 0.1) is 5.41 Å². The summed E-state index contributed by atoms with van der Waals surface area (Å²) in [5, 5.41) is 10.0. The number of amides is 2. The molecule has 2 fully saturated rings. The maximum atomic E-state index is 12.7. The second kappa shape index (κ2) is 16.0. The number of hydrogen-bond acceptors (Lipinski definition) is 8. The van der Waals surface area contributed by atoms with Gasteiger partial charge in [-0.2, -0.15) is 0 Å². The number of hydrogen-bond donors (Lipinski definition) is 3. The van der Waals surface area contributed by atoms with Crippen LogP contribution in [0.25, 0.3) is 0 Å². The molecule has 3 N–H and O–H groups in total. The third-order valence-electron chi connectivity index (χ3n) is 9.48. The molecule has 0 radical (unpaired) electrons. The van der Waals surface area contributed by atoms with E-state index in [-0.39, 0.29) is 35.6 Å². The molecule has 2 saturated heterocycles. The lowest BCUT2D eigenvalue weighted by Gasteiger charge is -2.44. The van der Waals surface area contributed by atoms with Crippen molar-refractivity contribution < 1.29 is 28.5 Å². The lowest BCUT2D eigenvalue weighted by molar-refractivity contribution is -0.00818. The summed E-state index contributed by atoms with van der Waals surface area (Å²) in [6.07, 6.45) is 3.57. The number of benzene rings is 2. The van der Waals surface area contributed by atoms with Crippen molar-refractivity contribution >= 4 is 11.7 Å². The first-order valence-corrected chi connectivity index (χ1v) is 16.5. The van der Waals surface area contributed by atoms with Gasteiger partial charge < -0.3 is 44.5 Å². The number of ether oxygens (including phenoxy) is 5. The first-order chi connectivity index (χ1) is 21.9. The van der Waals surface area contributed by atoms with Crippen molar-refractivity contribution in [1.82, 2.24) is 16.0 Å². The fraction of sp³-hybridized carbons (Fsp3) is 0.629. The Bertz CT molecular complexity index is 1220. The standard InChI is InChI=1S/C35H52N4O6/c1-35(2,24-37-34(40)38-27-12-17-43-18-13-27)33-21-29(26-7-9-28(42-4)10-8-26)32(22-36-33)45-23-25-6-11-31-30(20-25)39(15-19-44-31)14-5-16-41-3/h6-11,20,27,29,32-33,36H,5,12-19,21-24H2,1-4H3,(H2,37,38,40)/t29-,32+,33+/m1/s1. The smallest absolute Gasteiger partial charge is 0.315 e. The van der Waals surface area contributed by atoms with E-state index in [4.69, 9.17) is 23.7 Å². The normalized spacial score (nSPS) is 22.3. The van der Waals surface area contributed by atoms with Crippen molar-refractivity contribution in [3.63, 3.8) is 0 Å². The molecule has 45 heavy (non-hydrogen) atoms. The minimum Gasteiger partial charge on any atom is -0.497 e. The van der Waals surface area contributed by atoms with Gasteiger partial charge in [0.05, 0.1) is 32.1 Å². The summed E-state index contributed by atoms with van der Waals surface area (Å²) in [7, 11) is 3.44. The fourth-order valence-corrected chi connectivity index (χ4v) is 6.62. The minimum absolute atomic E-state index is 0.0136. The van der Waals surface area contributed by atoms with E-state index in [2.05, 4.69) is 65.0 Å². The molecule has 3 aliphatic heterocycles. The van der Waals surface area contributed by atoms with Crippen molar-refractivity contribution in [3.05, 3.63) is 53.6 Å². The number of urea groups is 1. The summed E-state index contributed by atoms with van der Waals surface area (Å²) < 4.78 is 28.8. The van der Waals surface area contributed by atoms with Gasteiger partial charge in [-0.25, -0.2) is 4.79 Å². The number of piperidine rings is 1. The minimum atomic E-state index is -0.173. The quantitative estimate of drug-likeness (QED) is 0.281. The zero-order chi connectivity index (χ0) is 31.6. The Morgan fingerprint density at radius 1 is 1.09 bits per heavy atom. The average Bonchev–Trinajstić information content (AvgIpc) is 3.07. The molecular formula is C35H52N4O6. The lowest BCUT2D eigenvalue weighted by atomic mass is 9.74.